The van der Waals surface area contributed by atoms with E-state index < -0.39 is 11.7 Å². The smallest absolute Gasteiger partial charge is 0.245 e. The van der Waals surface area contributed by atoms with Crippen LogP contribution < -0.4 is 20.7 Å². The van der Waals surface area contributed by atoms with Crippen molar-refractivity contribution in [1.29, 1.82) is 5.26 Å². The molecule has 2 aromatic carbocycles. The molecule has 1 aromatic heterocycles. The molecule has 1 fully saturated rings. The second-order valence-electron chi connectivity index (χ2n) is 9.55. The van der Waals surface area contributed by atoms with Crippen molar-refractivity contribution in [2.45, 2.75) is 26.3 Å². The fourth-order valence-electron chi connectivity index (χ4n) is 4.47. The van der Waals surface area contributed by atoms with E-state index in [0.717, 1.165) is 38.2 Å². The van der Waals surface area contributed by atoms with Crippen LogP contribution in [-0.4, -0.2) is 54.1 Å². The molecular formula is C30H34FN7O2. The summed E-state index contributed by atoms with van der Waals surface area (Å²) in [4.78, 5) is 23.6. The van der Waals surface area contributed by atoms with Gasteiger partial charge in [-0.05, 0) is 74.8 Å². The number of anilines is 2. The van der Waals surface area contributed by atoms with Gasteiger partial charge in [0.1, 0.15) is 5.82 Å². The molecule has 1 aliphatic rings. The van der Waals surface area contributed by atoms with Crippen molar-refractivity contribution < 1.29 is 13.9 Å². The Morgan fingerprint density at radius 3 is 2.65 bits per heavy atom. The van der Waals surface area contributed by atoms with Crippen LogP contribution in [0.2, 0.25) is 0 Å². The van der Waals surface area contributed by atoms with Crippen molar-refractivity contribution in [3.05, 3.63) is 78.0 Å². The van der Waals surface area contributed by atoms with E-state index in [9.17, 15) is 9.18 Å². The molecule has 2 heterocycles. The van der Waals surface area contributed by atoms with Crippen molar-refractivity contribution in [2.75, 3.05) is 43.9 Å². The summed E-state index contributed by atoms with van der Waals surface area (Å²) in [5.74, 6) is 0.742. The van der Waals surface area contributed by atoms with Crippen molar-refractivity contribution in [3.8, 4) is 23.2 Å². The van der Waals surface area contributed by atoms with Crippen LogP contribution in [0, 0.1) is 23.1 Å². The maximum atomic E-state index is 14.5. The highest BCUT2D eigenvalue weighted by atomic mass is 19.1. The first-order valence-corrected chi connectivity index (χ1v) is 13.4. The Balaban J connectivity index is 1.30. The van der Waals surface area contributed by atoms with Crippen molar-refractivity contribution in [1.82, 2.24) is 20.2 Å². The number of carbonyl (C=O) groups is 1. The van der Waals surface area contributed by atoms with Gasteiger partial charge in [0.2, 0.25) is 5.91 Å². The molecule has 40 heavy (non-hydrogen) atoms. The zero-order valence-corrected chi connectivity index (χ0v) is 22.8. The molecule has 4 rings (SSSR count). The van der Waals surface area contributed by atoms with E-state index in [0.29, 0.717) is 46.5 Å². The highest BCUT2D eigenvalue weighted by molar-refractivity contribution is 5.88. The molecule has 1 aliphatic heterocycles. The summed E-state index contributed by atoms with van der Waals surface area (Å²) in [6.45, 7) is 6.13. The van der Waals surface area contributed by atoms with Gasteiger partial charge in [0, 0.05) is 37.0 Å². The predicted octanol–water partition coefficient (Wildman–Crippen LogP) is 4.55. The third-order valence-electron chi connectivity index (χ3n) is 6.92. The van der Waals surface area contributed by atoms with E-state index in [1.165, 1.54) is 18.3 Å². The topological polar surface area (TPSA) is 115 Å². The standard InChI is InChI=1S/C30H34FN7O2/c1-3-38-12-9-21(10-13-38)20-40-25-18-36-30(37-19-25)23-5-6-26(31)24(15-23)17-35-29(39)8-11-34-28-14-22(16-32)4-7-27(28)33-2/h4-8,11,14-15,18-19,21,33-34H,3,9-10,12-13,17,20H2,1-2H3,(H,35,39)/b11-8-. The third-order valence-corrected chi connectivity index (χ3v) is 6.92. The van der Waals surface area contributed by atoms with Crippen LogP contribution in [0.3, 0.4) is 0 Å². The van der Waals surface area contributed by atoms with Gasteiger partial charge in [-0.3, -0.25) is 4.79 Å². The van der Waals surface area contributed by atoms with Crippen LogP contribution in [-0.2, 0) is 11.3 Å². The molecule has 0 bridgehead atoms. The van der Waals surface area contributed by atoms with Crippen LogP contribution in [0.15, 0.2) is 61.1 Å². The zero-order chi connectivity index (χ0) is 28.3. The van der Waals surface area contributed by atoms with Crippen LogP contribution in [0.25, 0.3) is 11.4 Å². The normalized spacial score (nSPS) is 14.1. The first kappa shape index (κ1) is 28.5. The van der Waals surface area contributed by atoms with E-state index in [1.54, 1.807) is 49.8 Å². The second-order valence-corrected chi connectivity index (χ2v) is 9.55. The van der Waals surface area contributed by atoms with E-state index >= 15 is 0 Å². The minimum atomic E-state index is -0.438. The molecule has 10 heteroatoms. The molecule has 0 atom stereocenters. The first-order chi connectivity index (χ1) is 19.5. The number of nitriles is 1. The molecule has 3 N–H and O–H groups in total. The SMILES string of the molecule is CCN1CCC(COc2cnc(-c3ccc(F)c(CNC(=O)/C=C\Nc4cc(C#N)ccc4NC)c3)nc2)CC1. The summed E-state index contributed by atoms with van der Waals surface area (Å²) in [5, 5.41) is 17.8. The number of ether oxygens (including phenoxy) is 1. The lowest BCUT2D eigenvalue weighted by atomic mass is 9.98. The molecule has 3 aromatic rings. The van der Waals surface area contributed by atoms with E-state index in [4.69, 9.17) is 10.00 Å². The van der Waals surface area contributed by atoms with Gasteiger partial charge in [0.15, 0.2) is 11.6 Å². The van der Waals surface area contributed by atoms with Crippen molar-refractivity contribution in [2.24, 2.45) is 5.92 Å². The van der Waals surface area contributed by atoms with Crippen LogP contribution in [0.4, 0.5) is 15.8 Å². The van der Waals surface area contributed by atoms with Gasteiger partial charge in [0.05, 0.1) is 42.0 Å². The maximum absolute atomic E-state index is 14.5. The number of amides is 1. The van der Waals surface area contributed by atoms with Crippen molar-refractivity contribution >= 4 is 17.3 Å². The quantitative estimate of drug-likeness (QED) is 0.302. The number of piperidine rings is 1. The molecule has 0 spiro atoms. The molecule has 208 valence electrons. The predicted molar refractivity (Wildman–Crippen MR) is 153 cm³/mol. The number of hydrogen-bond donors (Lipinski definition) is 3. The Morgan fingerprint density at radius 1 is 1.18 bits per heavy atom. The average molecular weight is 544 g/mol. The van der Waals surface area contributed by atoms with E-state index in [1.807, 2.05) is 0 Å². The molecule has 1 saturated heterocycles. The van der Waals surface area contributed by atoms with Crippen LogP contribution >= 0.6 is 0 Å². The van der Waals surface area contributed by atoms with Gasteiger partial charge in [-0.15, -0.1) is 0 Å². The molecule has 0 saturated carbocycles. The number of nitrogens with one attached hydrogen (secondary N) is 3. The monoisotopic (exact) mass is 543 g/mol. The molecule has 0 unspecified atom stereocenters. The van der Waals surface area contributed by atoms with Gasteiger partial charge in [-0.25, -0.2) is 14.4 Å². The fraction of sp³-hybridized carbons (Fsp3) is 0.333. The van der Waals surface area contributed by atoms with Crippen LogP contribution in [0.5, 0.6) is 5.75 Å². The molecular weight excluding hydrogens is 509 g/mol. The summed E-state index contributed by atoms with van der Waals surface area (Å²) >= 11 is 0. The largest absolute Gasteiger partial charge is 0.490 e. The number of benzene rings is 2. The first-order valence-electron chi connectivity index (χ1n) is 13.4. The van der Waals surface area contributed by atoms with Gasteiger partial charge in [0.25, 0.3) is 0 Å². The Labute approximate surface area is 234 Å². The van der Waals surface area contributed by atoms with E-state index in [-0.39, 0.29) is 6.54 Å². The van der Waals surface area contributed by atoms with Crippen molar-refractivity contribution in [3.63, 3.8) is 0 Å². The number of likely N-dealkylation sites (tertiary alicyclic amines) is 1. The number of aromatic nitrogens is 2. The highest BCUT2D eigenvalue weighted by Gasteiger charge is 2.18. The average Bonchev–Trinajstić information content (AvgIpc) is 3.00. The Bertz CT molecular complexity index is 1360. The molecule has 1 amide bonds. The summed E-state index contributed by atoms with van der Waals surface area (Å²) in [6, 6.07) is 11.8. The summed E-state index contributed by atoms with van der Waals surface area (Å²) in [6.07, 6.45) is 8.29. The number of halogens is 1. The number of nitrogens with zero attached hydrogens (tertiary/aromatic N) is 4. The Hall–Kier alpha value is -4.49. The molecule has 0 radical (unpaired) electrons. The van der Waals surface area contributed by atoms with Gasteiger partial charge >= 0.3 is 0 Å². The van der Waals surface area contributed by atoms with Gasteiger partial charge in [-0.2, -0.15) is 5.26 Å². The Morgan fingerprint density at radius 2 is 1.95 bits per heavy atom. The second kappa shape index (κ2) is 14.1. The lowest BCUT2D eigenvalue weighted by molar-refractivity contribution is -0.116. The molecule has 0 aliphatic carbocycles. The molecule has 9 nitrogen and oxygen atoms in total. The third kappa shape index (κ3) is 7.77. The van der Waals surface area contributed by atoms with E-state index in [2.05, 4.69) is 43.8 Å². The summed E-state index contributed by atoms with van der Waals surface area (Å²) in [7, 11) is 1.76. The summed E-state index contributed by atoms with van der Waals surface area (Å²) in [5.41, 5.74) is 2.87. The summed E-state index contributed by atoms with van der Waals surface area (Å²) < 4.78 is 20.4. The van der Waals surface area contributed by atoms with Gasteiger partial charge in [-0.1, -0.05) is 6.92 Å². The highest BCUT2D eigenvalue weighted by Crippen LogP contribution is 2.23. The minimum Gasteiger partial charge on any atom is -0.490 e. The number of rotatable bonds is 11. The fourth-order valence-corrected chi connectivity index (χ4v) is 4.47. The van der Waals surface area contributed by atoms with Gasteiger partial charge < -0.3 is 25.6 Å². The lowest BCUT2D eigenvalue weighted by Crippen LogP contribution is -2.35. The zero-order valence-electron chi connectivity index (χ0n) is 22.8. The maximum Gasteiger partial charge on any atom is 0.245 e. The minimum absolute atomic E-state index is 0.00737. The number of carbonyl (C=O) groups excluding carboxylic acids is 1. The number of hydrogen-bond acceptors (Lipinski definition) is 8. The lowest BCUT2D eigenvalue weighted by Gasteiger charge is -2.30. The Kier molecular flexibility index (Phi) is 10.0. The van der Waals surface area contributed by atoms with Crippen LogP contribution in [0.1, 0.15) is 30.9 Å².